The molecular weight excluding hydrogens is 350 g/mol. The first kappa shape index (κ1) is 17.6. The number of alkyl halides is 3. The fraction of sp³-hybridized carbons (Fsp3) is 0.118. The highest BCUT2D eigenvalue weighted by Crippen LogP contribution is 2.30. The molecule has 0 saturated carbocycles. The molecule has 0 unspecified atom stereocenters. The van der Waals surface area contributed by atoms with Crippen molar-refractivity contribution >= 4 is 17.5 Å². The minimum atomic E-state index is -4.40. The summed E-state index contributed by atoms with van der Waals surface area (Å²) in [7, 11) is 0. The molecule has 1 heterocycles. The molecule has 0 atom stereocenters. The summed E-state index contributed by atoms with van der Waals surface area (Å²) in [6.45, 7) is 0.199. The van der Waals surface area contributed by atoms with E-state index >= 15 is 0 Å². The van der Waals surface area contributed by atoms with Crippen molar-refractivity contribution < 1.29 is 17.6 Å². The summed E-state index contributed by atoms with van der Waals surface area (Å²) in [6, 6.07) is 10.8. The van der Waals surface area contributed by atoms with Crippen LogP contribution < -0.4 is 10.6 Å². The molecule has 5 nitrogen and oxygen atoms in total. The Morgan fingerprint density at radius 3 is 2.38 bits per heavy atom. The molecule has 0 aliphatic heterocycles. The van der Waals surface area contributed by atoms with Crippen molar-refractivity contribution in [3.8, 4) is 0 Å². The summed E-state index contributed by atoms with van der Waals surface area (Å²) in [6.07, 6.45) is -3.04. The van der Waals surface area contributed by atoms with Gasteiger partial charge in [0.2, 0.25) is 5.95 Å². The fourth-order valence-electron chi connectivity index (χ4n) is 2.14. The summed E-state index contributed by atoms with van der Waals surface area (Å²) >= 11 is 0. The number of anilines is 3. The number of aromatic nitrogens is 3. The fourth-order valence-corrected chi connectivity index (χ4v) is 2.14. The van der Waals surface area contributed by atoms with E-state index in [1.165, 1.54) is 24.4 Å². The van der Waals surface area contributed by atoms with Gasteiger partial charge in [-0.15, -0.1) is 5.10 Å². The van der Waals surface area contributed by atoms with Gasteiger partial charge in [0.15, 0.2) is 5.82 Å². The largest absolute Gasteiger partial charge is 0.416 e. The number of hydrogen-bond acceptors (Lipinski definition) is 5. The first-order chi connectivity index (χ1) is 12.4. The maximum atomic E-state index is 13.6. The van der Waals surface area contributed by atoms with E-state index in [2.05, 4.69) is 25.8 Å². The Morgan fingerprint density at radius 2 is 1.69 bits per heavy atom. The molecule has 0 radical (unpaired) electrons. The zero-order valence-electron chi connectivity index (χ0n) is 13.3. The maximum Gasteiger partial charge on any atom is 0.416 e. The third-order valence-corrected chi connectivity index (χ3v) is 3.44. The molecule has 0 aliphatic carbocycles. The maximum absolute atomic E-state index is 13.6. The molecule has 0 spiro atoms. The molecule has 2 N–H and O–H groups in total. The molecule has 0 aliphatic rings. The van der Waals surface area contributed by atoms with Crippen molar-refractivity contribution in [1.82, 2.24) is 15.2 Å². The Kier molecular flexibility index (Phi) is 4.97. The van der Waals surface area contributed by atoms with Crippen LogP contribution in [0.25, 0.3) is 0 Å². The predicted molar refractivity (Wildman–Crippen MR) is 88.3 cm³/mol. The smallest absolute Gasteiger partial charge is 0.364 e. The molecule has 0 fully saturated rings. The second-order valence-corrected chi connectivity index (χ2v) is 5.31. The second-order valence-electron chi connectivity index (χ2n) is 5.31. The van der Waals surface area contributed by atoms with Crippen LogP contribution in [0.15, 0.2) is 54.7 Å². The SMILES string of the molecule is Fc1ccccc1CNc1cnnc(Nc2ccc(C(F)(F)F)cc2)n1. The summed E-state index contributed by atoms with van der Waals surface area (Å²) in [5.41, 5.74) is 0.0943. The number of nitrogens with one attached hydrogen (secondary N) is 2. The summed E-state index contributed by atoms with van der Waals surface area (Å²) in [5, 5.41) is 13.2. The van der Waals surface area contributed by atoms with Crippen molar-refractivity contribution in [2.75, 3.05) is 10.6 Å². The Hall–Kier alpha value is -3.23. The minimum Gasteiger partial charge on any atom is -0.364 e. The van der Waals surface area contributed by atoms with Crippen LogP contribution >= 0.6 is 0 Å². The van der Waals surface area contributed by atoms with Crippen LogP contribution in [0.4, 0.5) is 35.0 Å². The molecular formula is C17H13F4N5. The second kappa shape index (κ2) is 7.34. The lowest BCUT2D eigenvalue weighted by atomic mass is 10.2. The topological polar surface area (TPSA) is 62.7 Å². The molecule has 3 rings (SSSR count). The zero-order chi connectivity index (χ0) is 18.6. The van der Waals surface area contributed by atoms with E-state index in [1.54, 1.807) is 18.2 Å². The molecule has 1 aromatic heterocycles. The van der Waals surface area contributed by atoms with Crippen LogP contribution in [-0.2, 0) is 12.7 Å². The van der Waals surface area contributed by atoms with Crippen molar-refractivity contribution in [3.63, 3.8) is 0 Å². The first-order valence-electron chi connectivity index (χ1n) is 7.53. The van der Waals surface area contributed by atoms with Crippen molar-refractivity contribution in [2.45, 2.75) is 12.7 Å². The van der Waals surface area contributed by atoms with E-state index in [0.29, 0.717) is 17.1 Å². The zero-order valence-corrected chi connectivity index (χ0v) is 13.3. The lowest BCUT2D eigenvalue weighted by molar-refractivity contribution is -0.137. The van der Waals surface area contributed by atoms with E-state index in [-0.39, 0.29) is 18.3 Å². The standard InChI is InChI=1S/C17H13F4N5/c18-14-4-2-1-3-11(14)9-22-15-10-23-26-16(25-15)24-13-7-5-12(6-8-13)17(19,20)21/h1-8,10H,9H2,(H2,22,24,25,26). The lowest BCUT2D eigenvalue weighted by Crippen LogP contribution is -2.07. The monoisotopic (exact) mass is 363 g/mol. The van der Waals surface area contributed by atoms with Crippen molar-refractivity contribution in [3.05, 3.63) is 71.7 Å². The minimum absolute atomic E-state index is 0.100. The van der Waals surface area contributed by atoms with E-state index in [9.17, 15) is 17.6 Å². The average molecular weight is 363 g/mol. The van der Waals surface area contributed by atoms with Crippen LogP contribution in [0.3, 0.4) is 0 Å². The van der Waals surface area contributed by atoms with Gasteiger partial charge in [0.1, 0.15) is 5.82 Å². The normalized spacial score (nSPS) is 11.2. The number of hydrogen-bond donors (Lipinski definition) is 2. The molecule has 134 valence electrons. The Balaban J connectivity index is 1.66. The lowest BCUT2D eigenvalue weighted by Gasteiger charge is -2.10. The molecule has 0 bridgehead atoms. The van der Waals surface area contributed by atoms with Gasteiger partial charge in [0.25, 0.3) is 0 Å². The molecule has 9 heteroatoms. The molecule has 0 saturated heterocycles. The van der Waals surface area contributed by atoms with Gasteiger partial charge in [-0.05, 0) is 30.3 Å². The summed E-state index contributed by atoms with van der Waals surface area (Å²) in [4.78, 5) is 4.14. The number of rotatable bonds is 5. The van der Waals surface area contributed by atoms with Crippen molar-refractivity contribution in [2.24, 2.45) is 0 Å². The summed E-state index contributed by atoms with van der Waals surface area (Å²) in [5.74, 6) is 0.103. The van der Waals surface area contributed by atoms with E-state index < -0.39 is 11.7 Å². The quantitative estimate of drug-likeness (QED) is 0.659. The van der Waals surface area contributed by atoms with Crippen LogP contribution in [0.5, 0.6) is 0 Å². The van der Waals surface area contributed by atoms with Gasteiger partial charge < -0.3 is 10.6 Å². The van der Waals surface area contributed by atoms with Gasteiger partial charge in [-0.3, -0.25) is 0 Å². The van der Waals surface area contributed by atoms with Gasteiger partial charge in [-0.25, -0.2) is 4.39 Å². The van der Waals surface area contributed by atoms with E-state index in [4.69, 9.17) is 0 Å². The highest BCUT2D eigenvalue weighted by Gasteiger charge is 2.29. The molecule has 3 aromatic rings. The van der Waals surface area contributed by atoms with Crippen LogP contribution in [0.1, 0.15) is 11.1 Å². The molecule has 0 amide bonds. The van der Waals surface area contributed by atoms with E-state index in [0.717, 1.165) is 12.1 Å². The van der Waals surface area contributed by atoms with Gasteiger partial charge in [0, 0.05) is 17.8 Å². The van der Waals surface area contributed by atoms with E-state index in [1.807, 2.05) is 0 Å². The first-order valence-corrected chi connectivity index (χ1v) is 7.53. The third kappa shape index (κ3) is 4.44. The van der Waals surface area contributed by atoms with Crippen LogP contribution in [0, 0.1) is 5.82 Å². The Morgan fingerprint density at radius 1 is 0.962 bits per heavy atom. The average Bonchev–Trinajstić information content (AvgIpc) is 2.61. The van der Waals surface area contributed by atoms with Crippen LogP contribution in [0.2, 0.25) is 0 Å². The number of halogens is 4. The van der Waals surface area contributed by atoms with Gasteiger partial charge in [-0.1, -0.05) is 18.2 Å². The highest BCUT2D eigenvalue weighted by atomic mass is 19.4. The summed E-state index contributed by atoms with van der Waals surface area (Å²) < 4.78 is 51.3. The third-order valence-electron chi connectivity index (χ3n) is 3.44. The van der Waals surface area contributed by atoms with Gasteiger partial charge in [0.05, 0.1) is 11.8 Å². The molecule has 26 heavy (non-hydrogen) atoms. The van der Waals surface area contributed by atoms with Crippen molar-refractivity contribution in [1.29, 1.82) is 0 Å². The number of benzene rings is 2. The van der Waals surface area contributed by atoms with Gasteiger partial charge >= 0.3 is 6.18 Å². The molecule has 2 aromatic carbocycles. The Bertz CT molecular complexity index is 881. The van der Waals surface area contributed by atoms with Gasteiger partial charge in [-0.2, -0.15) is 23.3 Å². The van der Waals surface area contributed by atoms with Crippen LogP contribution in [-0.4, -0.2) is 15.2 Å². The number of nitrogens with zero attached hydrogens (tertiary/aromatic N) is 3. The predicted octanol–water partition coefficient (Wildman–Crippen LogP) is 4.39. The Labute approximate surface area is 146 Å². The highest BCUT2D eigenvalue weighted by molar-refractivity contribution is 5.54.